The van der Waals surface area contributed by atoms with E-state index in [4.69, 9.17) is 5.14 Å². The van der Waals surface area contributed by atoms with Crippen LogP contribution in [0.25, 0.3) is 0 Å². The largest absolute Gasteiger partial charge is 0.335 e. The van der Waals surface area contributed by atoms with Crippen LogP contribution in [0.4, 0.5) is 0 Å². The van der Waals surface area contributed by atoms with Gasteiger partial charge in [-0.25, -0.2) is 5.14 Å². The van der Waals surface area contributed by atoms with Crippen molar-refractivity contribution in [3.63, 3.8) is 0 Å². The Morgan fingerprint density at radius 2 is 2.00 bits per heavy atom. The summed E-state index contributed by atoms with van der Waals surface area (Å²) in [6.45, 7) is 3.34. The third-order valence-corrected chi connectivity index (χ3v) is 6.23. The van der Waals surface area contributed by atoms with E-state index in [-0.39, 0.29) is 19.0 Å². The van der Waals surface area contributed by atoms with Gasteiger partial charge in [-0.05, 0) is 17.9 Å². The Morgan fingerprint density at radius 1 is 1.35 bits per heavy atom. The molecular formula is C11H17N3O3S3. The van der Waals surface area contributed by atoms with Crippen LogP contribution in [0.2, 0.25) is 0 Å². The lowest BCUT2D eigenvalue weighted by atomic mass is 10.3. The highest BCUT2D eigenvalue weighted by molar-refractivity contribution is 8.01. The second-order valence-corrected chi connectivity index (χ2v) is 8.48. The van der Waals surface area contributed by atoms with E-state index in [1.54, 1.807) is 16.7 Å². The lowest BCUT2D eigenvalue weighted by molar-refractivity contribution is 0.0703. The van der Waals surface area contributed by atoms with Gasteiger partial charge in [0.05, 0.1) is 9.09 Å². The lowest BCUT2D eigenvalue weighted by Crippen LogP contribution is -2.52. The number of amides is 1. The molecule has 20 heavy (non-hydrogen) atoms. The van der Waals surface area contributed by atoms with Gasteiger partial charge in [0, 0.05) is 26.2 Å². The maximum absolute atomic E-state index is 12.3. The van der Waals surface area contributed by atoms with E-state index in [0.29, 0.717) is 18.0 Å². The van der Waals surface area contributed by atoms with Crippen molar-refractivity contribution >= 4 is 39.2 Å². The van der Waals surface area contributed by atoms with Gasteiger partial charge in [0.25, 0.3) is 16.1 Å². The number of piperazine rings is 1. The average molecular weight is 335 g/mol. The van der Waals surface area contributed by atoms with Crippen molar-refractivity contribution < 1.29 is 13.2 Å². The third kappa shape index (κ3) is 3.73. The molecule has 112 valence electrons. The van der Waals surface area contributed by atoms with Gasteiger partial charge in [0.2, 0.25) is 0 Å². The zero-order valence-corrected chi connectivity index (χ0v) is 13.6. The highest BCUT2D eigenvalue weighted by Gasteiger charge is 2.27. The number of rotatable bonds is 4. The molecule has 0 bridgehead atoms. The van der Waals surface area contributed by atoms with Crippen LogP contribution in [0.15, 0.2) is 16.3 Å². The number of hydrogen-bond acceptors (Lipinski definition) is 5. The molecule has 1 saturated heterocycles. The fourth-order valence-corrected chi connectivity index (χ4v) is 4.64. The molecule has 0 aromatic carbocycles. The molecule has 1 aliphatic heterocycles. The first-order valence-corrected chi connectivity index (χ1v) is 9.52. The number of hydrogen-bond donors (Lipinski definition) is 1. The van der Waals surface area contributed by atoms with Crippen LogP contribution in [0, 0.1) is 0 Å². The Hall–Kier alpha value is -0.610. The molecule has 0 spiro atoms. The van der Waals surface area contributed by atoms with Crippen LogP contribution < -0.4 is 5.14 Å². The van der Waals surface area contributed by atoms with E-state index < -0.39 is 10.2 Å². The van der Waals surface area contributed by atoms with Crippen molar-refractivity contribution in [2.45, 2.75) is 11.1 Å². The first-order chi connectivity index (χ1) is 9.41. The quantitative estimate of drug-likeness (QED) is 0.826. The summed E-state index contributed by atoms with van der Waals surface area (Å²) in [7, 11) is -3.65. The molecule has 0 aliphatic carbocycles. The number of nitrogens with zero attached hydrogens (tertiary/aromatic N) is 2. The molecular weight excluding hydrogens is 318 g/mol. The van der Waals surface area contributed by atoms with E-state index in [1.807, 2.05) is 12.1 Å². The number of carbonyl (C=O) groups excluding carboxylic acids is 1. The summed E-state index contributed by atoms with van der Waals surface area (Å²) < 4.78 is 24.7. The smallest absolute Gasteiger partial charge is 0.277 e. The zero-order chi connectivity index (χ0) is 14.8. The fourth-order valence-electron chi connectivity index (χ4n) is 1.96. The average Bonchev–Trinajstić information content (AvgIpc) is 2.86. The third-order valence-electron chi connectivity index (χ3n) is 2.96. The molecule has 9 heteroatoms. The summed E-state index contributed by atoms with van der Waals surface area (Å²) in [4.78, 5) is 14.7. The number of nitrogens with two attached hydrogens (primary N) is 1. The fraction of sp³-hybridized carbons (Fsp3) is 0.545. The Kier molecular flexibility index (Phi) is 5.08. The summed E-state index contributed by atoms with van der Waals surface area (Å²) in [6, 6.07) is 3.78. The molecule has 2 N–H and O–H groups in total. The molecule has 0 atom stereocenters. The summed E-state index contributed by atoms with van der Waals surface area (Å²) in [6.07, 6.45) is 0. The second kappa shape index (κ2) is 6.44. The lowest BCUT2D eigenvalue weighted by Gasteiger charge is -2.32. The summed E-state index contributed by atoms with van der Waals surface area (Å²) in [5.41, 5.74) is 0. The van der Waals surface area contributed by atoms with Gasteiger partial charge in [-0.1, -0.05) is 6.92 Å². The van der Waals surface area contributed by atoms with E-state index in [1.165, 1.54) is 15.6 Å². The van der Waals surface area contributed by atoms with Crippen molar-refractivity contribution in [2.75, 3.05) is 31.9 Å². The monoisotopic (exact) mass is 335 g/mol. The molecule has 1 aliphatic rings. The van der Waals surface area contributed by atoms with E-state index >= 15 is 0 Å². The van der Waals surface area contributed by atoms with Crippen molar-refractivity contribution in [2.24, 2.45) is 5.14 Å². The van der Waals surface area contributed by atoms with Gasteiger partial charge in [-0.15, -0.1) is 23.1 Å². The van der Waals surface area contributed by atoms with Crippen molar-refractivity contribution in [3.05, 3.63) is 17.0 Å². The molecule has 0 unspecified atom stereocenters. The predicted octanol–water partition coefficient (Wildman–Crippen LogP) is 0.821. The Bertz CT molecular complexity index is 577. The minimum atomic E-state index is -3.65. The van der Waals surface area contributed by atoms with Gasteiger partial charge >= 0.3 is 0 Å². The molecule has 6 nitrogen and oxygen atoms in total. The second-order valence-electron chi connectivity index (χ2n) is 4.29. The van der Waals surface area contributed by atoms with Gasteiger partial charge in [-0.2, -0.15) is 12.7 Å². The molecule has 1 amide bonds. The molecule has 2 rings (SSSR count). The van der Waals surface area contributed by atoms with Crippen molar-refractivity contribution in [3.8, 4) is 0 Å². The standard InChI is InChI=1S/C11H17N3O3S3/c1-2-18-10-4-3-9(19-10)11(15)13-5-7-14(8-6-13)20(12,16)17/h3-4H,2,5-8H2,1H3,(H2,12,16,17). The molecule has 1 fully saturated rings. The SMILES string of the molecule is CCSc1ccc(C(=O)N2CCN(S(N)(=O)=O)CC2)s1. The van der Waals surface area contributed by atoms with Crippen LogP contribution in [0.1, 0.15) is 16.6 Å². The number of carbonyl (C=O) groups is 1. The first-order valence-electron chi connectivity index (χ1n) is 6.21. The normalized spacial score (nSPS) is 17.4. The van der Waals surface area contributed by atoms with Crippen LogP contribution in [0.5, 0.6) is 0 Å². The maximum atomic E-state index is 12.3. The van der Waals surface area contributed by atoms with Gasteiger partial charge < -0.3 is 4.90 Å². The molecule has 2 heterocycles. The molecule has 0 radical (unpaired) electrons. The van der Waals surface area contributed by atoms with Crippen molar-refractivity contribution in [1.29, 1.82) is 0 Å². The Labute approximate surface area is 127 Å². The van der Waals surface area contributed by atoms with E-state index in [9.17, 15) is 13.2 Å². The highest BCUT2D eigenvalue weighted by atomic mass is 32.2. The Morgan fingerprint density at radius 3 is 2.55 bits per heavy atom. The minimum Gasteiger partial charge on any atom is -0.335 e. The molecule has 0 saturated carbocycles. The Balaban J connectivity index is 1.97. The summed E-state index contributed by atoms with van der Waals surface area (Å²) >= 11 is 3.19. The van der Waals surface area contributed by atoms with Gasteiger partial charge in [-0.3, -0.25) is 4.79 Å². The van der Waals surface area contributed by atoms with Crippen LogP contribution in [-0.2, 0) is 10.2 Å². The predicted molar refractivity (Wildman–Crippen MR) is 81.3 cm³/mol. The van der Waals surface area contributed by atoms with Crippen LogP contribution >= 0.6 is 23.1 Å². The van der Waals surface area contributed by atoms with Crippen LogP contribution in [0.3, 0.4) is 0 Å². The van der Waals surface area contributed by atoms with E-state index in [2.05, 4.69) is 6.92 Å². The van der Waals surface area contributed by atoms with Crippen LogP contribution in [-0.4, -0.2) is 55.5 Å². The number of thioether (sulfide) groups is 1. The number of thiophene rings is 1. The topological polar surface area (TPSA) is 83.7 Å². The summed E-state index contributed by atoms with van der Waals surface area (Å²) in [5.74, 6) is 0.938. The van der Waals surface area contributed by atoms with Gasteiger partial charge in [0.15, 0.2) is 0 Å². The van der Waals surface area contributed by atoms with E-state index in [0.717, 1.165) is 9.96 Å². The zero-order valence-electron chi connectivity index (χ0n) is 11.1. The van der Waals surface area contributed by atoms with Crippen molar-refractivity contribution in [1.82, 2.24) is 9.21 Å². The molecule has 1 aromatic heterocycles. The molecule has 1 aromatic rings. The minimum absolute atomic E-state index is 0.0352. The first kappa shape index (κ1) is 15.8. The summed E-state index contributed by atoms with van der Waals surface area (Å²) in [5, 5.41) is 5.07. The maximum Gasteiger partial charge on any atom is 0.277 e. The highest BCUT2D eigenvalue weighted by Crippen LogP contribution is 2.28. The van der Waals surface area contributed by atoms with Gasteiger partial charge in [0.1, 0.15) is 0 Å².